The van der Waals surface area contributed by atoms with Crippen LogP contribution >= 0.6 is 11.3 Å². The SMILES string of the molecule is Cc1csc([C@@H](NC(=O)NCCc2ccc(O)cc2)C2CC2)n1. The minimum atomic E-state index is -0.145. The highest BCUT2D eigenvalue weighted by atomic mass is 32.1. The second kappa shape index (κ2) is 7.00. The zero-order valence-corrected chi connectivity index (χ0v) is 13.9. The number of aromatic hydroxyl groups is 1. The number of thiazole rings is 1. The molecule has 2 amide bonds. The van der Waals surface area contributed by atoms with Crippen molar-refractivity contribution in [3.8, 4) is 5.75 Å². The fourth-order valence-electron chi connectivity index (χ4n) is 2.50. The number of amides is 2. The normalized spacial score (nSPS) is 15.2. The standard InChI is InChI=1S/C17H21N3O2S/c1-11-10-23-16(19-11)15(13-4-5-13)20-17(22)18-9-8-12-2-6-14(21)7-3-12/h2-3,6-7,10,13,15,21H,4-5,8-9H2,1H3,(H2,18,20,22)/t15-/m0/s1. The fraction of sp³-hybridized carbons (Fsp3) is 0.412. The van der Waals surface area contributed by atoms with Gasteiger partial charge in [-0.2, -0.15) is 0 Å². The highest BCUT2D eigenvalue weighted by Crippen LogP contribution is 2.41. The molecule has 3 rings (SSSR count). The van der Waals surface area contributed by atoms with Gasteiger partial charge < -0.3 is 15.7 Å². The van der Waals surface area contributed by atoms with E-state index in [0.29, 0.717) is 12.5 Å². The van der Waals surface area contributed by atoms with Gasteiger partial charge in [-0.05, 0) is 49.8 Å². The largest absolute Gasteiger partial charge is 0.508 e. The first-order valence-electron chi connectivity index (χ1n) is 7.86. The van der Waals surface area contributed by atoms with Crippen LogP contribution in [0.3, 0.4) is 0 Å². The number of phenolic OH excluding ortho intramolecular Hbond substituents is 1. The van der Waals surface area contributed by atoms with Crippen LogP contribution in [-0.2, 0) is 6.42 Å². The van der Waals surface area contributed by atoms with Crippen molar-refractivity contribution >= 4 is 17.4 Å². The molecule has 0 bridgehead atoms. The third kappa shape index (κ3) is 4.45. The van der Waals surface area contributed by atoms with Crippen LogP contribution in [0.1, 0.15) is 35.1 Å². The van der Waals surface area contributed by atoms with Gasteiger partial charge in [-0.25, -0.2) is 9.78 Å². The number of phenols is 1. The summed E-state index contributed by atoms with van der Waals surface area (Å²) in [7, 11) is 0. The first-order valence-corrected chi connectivity index (χ1v) is 8.74. The number of nitrogens with one attached hydrogen (secondary N) is 2. The van der Waals surface area contributed by atoms with Crippen LogP contribution in [0, 0.1) is 12.8 Å². The summed E-state index contributed by atoms with van der Waals surface area (Å²) in [6, 6.07) is 6.92. The van der Waals surface area contributed by atoms with Gasteiger partial charge in [0.2, 0.25) is 0 Å². The van der Waals surface area contributed by atoms with Crippen molar-refractivity contribution in [3.05, 3.63) is 45.9 Å². The third-order valence-corrected chi connectivity index (χ3v) is 4.96. The van der Waals surface area contributed by atoms with E-state index in [-0.39, 0.29) is 17.8 Å². The predicted octanol–water partition coefficient (Wildman–Crippen LogP) is 3.15. The van der Waals surface area contributed by atoms with Crippen LogP contribution in [0.4, 0.5) is 4.79 Å². The fourth-order valence-corrected chi connectivity index (χ4v) is 3.44. The molecule has 1 aliphatic carbocycles. The van der Waals surface area contributed by atoms with Gasteiger partial charge >= 0.3 is 6.03 Å². The van der Waals surface area contributed by atoms with E-state index in [2.05, 4.69) is 15.6 Å². The molecule has 1 saturated carbocycles. The van der Waals surface area contributed by atoms with E-state index >= 15 is 0 Å². The number of carbonyl (C=O) groups is 1. The number of carbonyl (C=O) groups excluding carboxylic acids is 1. The summed E-state index contributed by atoms with van der Waals surface area (Å²) in [6.07, 6.45) is 3.03. The molecule has 1 aliphatic rings. The molecule has 0 saturated heterocycles. The molecule has 0 spiro atoms. The molecule has 3 N–H and O–H groups in total. The average Bonchev–Trinajstić information content (AvgIpc) is 3.28. The Morgan fingerprint density at radius 3 is 2.74 bits per heavy atom. The zero-order valence-electron chi connectivity index (χ0n) is 13.1. The molecule has 0 radical (unpaired) electrons. The Morgan fingerprint density at radius 1 is 1.39 bits per heavy atom. The van der Waals surface area contributed by atoms with Crippen LogP contribution in [0.5, 0.6) is 5.75 Å². The Balaban J connectivity index is 1.48. The molecule has 2 aromatic rings. The molecule has 1 aromatic carbocycles. The monoisotopic (exact) mass is 331 g/mol. The molecule has 6 heteroatoms. The van der Waals surface area contributed by atoms with Crippen LogP contribution in [0.2, 0.25) is 0 Å². The van der Waals surface area contributed by atoms with Crippen molar-refractivity contribution in [1.29, 1.82) is 0 Å². The zero-order chi connectivity index (χ0) is 16.2. The Labute approximate surface area is 139 Å². The Bertz CT molecular complexity index is 665. The van der Waals surface area contributed by atoms with Crippen LogP contribution in [0.25, 0.3) is 0 Å². The van der Waals surface area contributed by atoms with Crippen molar-refractivity contribution in [1.82, 2.24) is 15.6 Å². The van der Waals surface area contributed by atoms with Gasteiger partial charge in [0.15, 0.2) is 0 Å². The summed E-state index contributed by atoms with van der Waals surface area (Å²) < 4.78 is 0. The molecule has 1 fully saturated rings. The van der Waals surface area contributed by atoms with Crippen LogP contribution in [-0.4, -0.2) is 22.7 Å². The van der Waals surface area contributed by atoms with E-state index in [1.54, 1.807) is 23.5 Å². The smallest absolute Gasteiger partial charge is 0.315 e. The molecule has 1 heterocycles. The summed E-state index contributed by atoms with van der Waals surface area (Å²) >= 11 is 1.61. The van der Waals surface area contributed by atoms with E-state index in [1.165, 1.54) is 0 Å². The lowest BCUT2D eigenvalue weighted by Crippen LogP contribution is -2.39. The maximum absolute atomic E-state index is 12.1. The summed E-state index contributed by atoms with van der Waals surface area (Å²) in [6.45, 7) is 2.53. The molecule has 1 aromatic heterocycles. The Morgan fingerprint density at radius 2 is 2.13 bits per heavy atom. The summed E-state index contributed by atoms with van der Waals surface area (Å²) in [5, 5.41) is 18.2. The van der Waals surface area contributed by atoms with Gasteiger partial charge in [0.25, 0.3) is 0 Å². The number of rotatable bonds is 6. The second-order valence-corrected chi connectivity index (χ2v) is 6.85. The number of benzene rings is 1. The third-order valence-electron chi connectivity index (χ3n) is 3.92. The Kier molecular flexibility index (Phi) is 4.81. The molecular weight excluding hydrogens is 310 g/mol. The number of hydrogen-bond acceptors (Lipinski definition) is 4. The highest BCUT2D eigenvalue weighted by Gasteiger charge is 2.35. The molecule has 0 aliphatic heterocycles. The van der Waals surface area contributed by atoms with Gasteiger partial charge in [0, 0.05) is 17.6 Å². The molecular formula is C17H21N3O2S. The number of aromatic nitrogens is 1. The predicted molar refractivity (Wildman–Crippen MR) is 90.7 cm³/mol. The lowest BCUT2D eigenvalue weighted by Gasteiger charge is -2.16. The maximum atomic E-state index is 12.1. The lowest BCUT2D eigenvalue weighted by molar-refractivity contribution is 0.235. The van der Waals surface area contributed by atoms with Crippen molar-refractivity contribution in [2.24, 2.45) is 5.92 Å². The van der Waals surface area contributed by atoms with Crippen molar-refractivity contribution in [3.63, 3.8) is 0 Å². The molecule has 122 valence electrons. The van der Waals surface area contributed by atoms with Crippen molar-refractivity contribution < 1.29 is 9.90 Å². The highest BCUT2D eigenvalue weighted by molar-refractivity contribution is 7.09. The van der Waals surface area contributed by atoms with E-state index in [0.717, 1.165) is 35.5 Å². The van der Waals surface area contributed by atoms with E-state index in [4.69, 9.17) is 0 Å². The number of aryl methyl sites for hydroxylation is 1. The maximum Gasteiger partial charge on any atom is 0.315 e. The van der Waals surface area contributed by atoms with Crippen LogP contribution < -0.4 is 10.6 Å². The van der Waals surface area contributed by atoms with Gasteiger partial charge in [0.05, 0.1) is 6.04 Å². The first kappa shape index (κ1) is 15.8. The Hall–Kier alpha value is -2.08. The first-order chi connectivity index (χ1) is 11.1. The number of urea groups is 1. The lowest BCUT2D eigenvalue weighted by atomic mass is 10.1. The minimum Gasteiger partial charge on any atom is -0.508 e. The topological polar surface area (TPSA) is 74.2 Å². The van der Waals surface area contributed by atoms with Crippen LogP contribution in [0.15, 0.2) is 29.6 Å². The van der Waals surface area contributed by atoms with E-state index in [9.17, 15) is 9.90 Å². The second-order valence-electron chi connectivity index (χ2n) is 5.96. The van der Waals surface area contributed by atoms with E-state index < -0.39 is 0 Å². The number of nitrogens with zero attached hydrogens (tertiary/aromatic N) is 1. The average molecular weight is 331 g/mol. The summed E-state index contributed by atoms with van der Waals surface area (Å²) in [5.41, 5.74) is 2.09. The number of hydrogen-bond donors (Lipinski definition) is 3. The van der Waals surface area contributed by atoms with Gasteiger partial charge in [-0.3, -0.25) is 0 Å². The van der Waals surface area contributed by atoms with Gasteiger partial charge in [-0.15, -0.1) is 11.3 Å². The molecule has 5 nitrogen and oxygen atoms in total. The molecule has 23 heavy (non-hydrogen) atoms. The summed E-state index contributed by atoms with van der Waals surface area (Å²) in [5.74, 6) is 0.772. The van der Waals surface area contributed by atoms with Crippen molar-refractivity contribution in [2.75, 3.05) is 6.54 Å². The van der Waals surface area contributed by atoms with Gasteiger partial charge in [0.1, 0.15) is 10.8 Å². The molecule has 0 unspecified atom stereocenters. The molecule has 1 atom stereocenters. The minimum absolute atomic E-state index is 0.0300. The van der Waals surface area contributed by atoms with Gasteiger partial charge in [-0.1, -0.05) is 12.1 Å². The van der Waals surface area contributed by atoms with Crippen molar-refractivity contribution in [2.45, 2.75) is 32.2 Å². The quantitative estimate of drug-likeness (QED) is 0.761. The summed E-state index contributed by atoms with van der Waals surface area (Å²) in [4.78, 5) is 16.6. The van der Waals surface area contributed by atoms with E-state index in [1.807, 2.05) is 24.4 Å².